The van der Waals surface area contributed by atoms with E-state index in [1.807, 2.05) is 0 Å². The van der Waals surface area contributed by atoms with E-state index in [9.17, 15) is 19.2 Å². The summed E-state index contributed by atoms with van der Waals surface area (Å²) >= 11 is 0. The van der Waals surface area contributed by atoms with Gasteiger partial charge in [-0.2, -0.15) is 0 Å². The molecule has 0 aromatic rings. The van der Waals surface area contributed by atoms with E-state index >= 15 is 0 Å². The standard InChI is InChI=1S/C22H28O8/c1-5-27-19(23)15-9-13-11-17(21(25)29-7-3)18(22(26)30-8-4)12-14(13)10-16(15)20(24)28-6-2/h5-12H2,1-4H3. The lowest BCUT2D eigenvalue weighted by molar-refractivity contribution is -0.142. The van der Waals surface area contributed by atoms with Crippen molar-refractivity contribution in [1.29, 1.82) is 0 Å². The Morgan fingerprint density at radius 3 is 0.867 bits per heavy atom. The van der Waals surface area contributed by atoms with Crippen molar-refractivity contribution < 1.29 is 38.1 Å². The second-order valence-corrected chi connectivity index (χ2v) is 6.71. The van der Waals surface area contributed by atoms with Crippen molar-refractivity contribution in [2.45, 2.75) is 53.4 Å². The van der Waals surface area contributed by atoms with E-state index in [0.717, 1.165) is 11.1 Å². The topological polar surface area (TPSA) is 105 Å². The number of carbonyl (C=O) groups is 4. The zero-order valence-electron chi connectivity index (χ0n) is 17.9. The minimum atomic E-state index is -0.579. The van der Waals surface area contributed by atoms with Crippen LogP contribution < -0.4 is 0 Å². The van der Waals surface area contributed by atoms with Crippen LogP contribution in [0.5, 0.6) is 0 Å². The molecule has 2 aliphatic carbocycles. The minimum Gasteiger partial charge on any atom is -0.463 e. The van der Waals surface area contributed by atoms with Crippen LogP contribution in [0.3, 0.4) is 0 Å². The molecule has 8 nitrogen and oxygen atoms in total. The Bertz CT molecular complexity index is 696. The molecule has 0 amide bonds. The third-order valence-electron chi connectivity index (χ3n) is 4.88. The first-order valence-corrected chi connectivity index (χ1v) is 10.2. The van der Waals surface area contributed by atoms with E-state index in [2.05, 4.69) is 0 Å². The van der Waals surface area contributed by atoms with Crippen LogP contribution in [0.15, 0.2) is 33.4 Å². The molecule has 2 rings (SSSR count). The van der Waals surface area contributed by atoms with Crippen molar-refractivity contribution in [2.24, 2.45) is 0 Å². The van der Waals surface area contributed by atoms with Crippen LogP contribution in [0.25, 0.3) is 0 Å². The Kier molecular flexibility index (Phi) is 8.38. The van der Waals surface area contributed by atoms with Crippen LogP contribution >= 0.6 is 0 Å². The molecule has 164 valence electrons. The second-order valence-electron chi connectivity index (χ2n) is 6.71. The molecule has 0 saturated heterocycles. The van der Waals surface area contributed by atoms with Gasteiger partial charge >= 0.3 is 23.9 Å². The predicted molar refractivity (Wildman–Crippen MR) is 106 cm³/mol. The van der Waals surface area contributed by atoms with Gasteiger partial charge in [0.2, 0.25) is 0 Å². The maximum atomic E-state index is 12.5. The largest absolute Gasteiger partial charge is 0.463 e. The van der Waals surface area contributed by atoms with Crippen molar-refractivity contribution in [1.82, 2.24) is 0 Å². The van der Waals surface area contributed by atoms with E-state index in [0.29, 0.717) is 0 Å². The van der Waals surface area contributed by atoms with Gasteiger partial charge in [0, 0.05) is 25.7 Å². The maximum Gasteiger partial charge on any atom is 0.334 e. The summed E-state index contributed by atoms with van der Waals surface area (Å²) in [5.41, 5.74) is 2.55. The lowest BCUT2D eigenvalue weighted by Crippen LogP contribution is -2.26. The Hall–Kier alpha value is -2.90. The fourth-order valence-electron chi connectivity index (χ4n) is 3.56. The molecule has 0 spiro atoms. The quantitative estimate of drug-likeness (QED) is 0.335. The highest BCUT2D eigenvalue weighted by Gasteiger charge is 2.36. The number of carbonyl (C=O) groups excluding carboxylic acids is 4. The van der Waals surface area contributed by atoms with Gasteiger partial charge in [-0.1, -0.05) is 11.1 Å². The second kappa shape index (κ2) is 10.8. The number of hydrogen-bond donors (Lipinski definition) is 0. The molecule has 0 atom stereocenters. The number of rotatable bonds is 8. The van der Waals surface area contributed by atoms with Crippen molar-refractivity contribution in [3.8, 4) is 0 Å². The van der Waals surface area contributed by atoms with E-state index in [4.69, 9.17) is 18.9 Å². The van der Waals surface area contributed by atoms with Gasteiger partial charge < -0.3 is 18.9 Å². The summed E-state index contributed by atoms with van der Waals surface area (Å²) in [4.78, 5) is 49.9. The predicted octanol–water partition coefficient (Wildman–Crippen LogP) is 2.72. The van der Waals surface area contributed by atoms with Crippen LogP contribution in [0, 0.1) is 0 Å². The third kappa shape index (κ3) is 5.17. The molecule has 0 saturated carbocycles. The molecule has 2 aliphatic rings. The highest BCUT2D eigenvalue weighted by Crippen LogP contribution is 2.42. The third-order valence-corrected chi connectivity index (χ3v) is 4.88. The minimum absolute atomic E-state index is 0.154. The number of esters is 4. The van der Waals surface area contributed by atoms with Gasteiger partial charge in [-0.05, 0) is 27.7 Å². The summed E-state index contributed by atoms with van der Waals surface area (Å²) in [5.74, 6) is -2.31. The monoisotopic (exact) mass is 420 g/mol. The van der Waals surface area contributed by atoms with Gasteiger partial charge in [-0.25, -0.2) is 19.2 Å². The molecular weight excluding hydrogens is 392 g/mol. The summed E-state index contributed by atoms with van der Waals surface area (Å²) in [7, 11) is 0. The zero-order valence-corrected chi connectivity index (χ0v) is 17.9. The maximum absolute atomic E-state index is 12.5. The Morgan fingerprint density at radius 2 is 0.700 bits per heavy atom. The average molecular weight is 420 g/mol. The fraction of sp³-hybridized carbons (Fsp3) is 0.545. The summed E-state index contributed by atoms with van der Waals surface area (Å²) < 4.78 is 20.5. The van der Waals surface area contributed by atoms with Gasteiger partial charge in [0.1, 0.15) is 0 Å². The summed E-state index contributed by atoms with van der Waals surface area (Å²) in [6, 6.07) is 0. The van der Waals surface area contributed by atoms with E-state index in [1.165, 1.54) is 0 Å². The van der Waals surface area contributed by atoms with Crippen LogP contribution in [-0.2, 0) is 38.1 Å². The first kappa shape index (κ1) is 23.4. The van der Waals surface area contributed by atoms with Crippen LogP contribution in [0.2, 0.25) is 0 Å². The van der Waals surface area contributed by atoms with Gasteiger partial charge in [0.05, 0.1) is 48.7 Å². The Labute approximate surface area is 175 Å². The van der Waals surface area contributed by atoms with Crippen molar-refractivity contribution >= 4 is 23.9 Å². The van der Waals surface area contributed by atoms with Gasteiger partial charge in [0.15, 0.2) is 0 Å². The molecule has 0 aromatic carbocycles. The molecule has 0 aliphatic heterocycles. The molecule has 30 heavy (non-hydrogen) atoms. The van der Waals surface area contributed by atoms with E-state index in [-0.39, 0.29) is 74.4 Å². The smallest absolute Gasteiger partial charge is 0.334 e. The number of hydrogen-bond acceptors (Lipinski definition) is 8. The van der Waals surface area contributed by atoms with Gasteiger partial charge in [-0.15, -0.1) is 0 Å². The van der Waals surface area contributed by atoms with E-state index < -0.39 is 23.9 Å². The summed E-state index contributed by atoms with van der Waals surface area (Å²) in [6.07, 6.45) is 0.616. The van der Waals surface area contributed by atoms with E-state index in [1.54, 1.807) is 27.7 Å². The number of ether oxygens (including phenoxy) is 4. The van der Waals surface area contributed by atoms with Crippen LogP contribution in [0.1, 0.15) is 53.4 Å². The van der Waals surface area contributed by atoms with Crippen molar-refractivity contribution in [2.75, 3.05) is 26.4 Å². The van der Waals surface area contributed by atoms with Gasteiger partial charge in [0.25, 0.3) is 0 Å². The van der Waals surface area contributed by atoms with Gasteiger partial charge in [-0.3, -0.25) is 0 Å². The Morgan fingerprint density at radius 1 is 0.500 bits per heavy atom. The lowest BCUT2D eigenvalue weighted by atomic mass is 9.76. The van der Waals surface area contributed by atoms with Crippen molar-refractivity contribution in [3.63, 3.8) is 0 Å². The summed E-state index contributed by atoms with van der Waals surface area (Å²) in [6.45, 7) is 7.43. The average Bonchev–Trinajstić information content (AvgIpc) is 2.72. The zero-order chi connectivity index (χ0) is 22.3. The fourth-order valence-corrected chi connectivity index (χ4v) is 3.56. The van der Waals surface area contributed by atoms with Crippen LogP contribution in [0.4, 0.5) is 0 Å². The summed E-state index contributed by atoms with van der Waals surface area (Å²) in [5, 5.41) is 0. The SMILES string of the molecule is CCOC(=O)C1=C(C(=O)OCC)CC2=C(C1)CC(C(=O)OCC)=C(C(=O)OCC)C2. The lowest BCUT2D eigenvalue weighted by Gasteiger charge is -2.29. The Balaban J connectivity index is 2.40. The molecule has 0 fully saturated rings. The molecule has 8 heteroatoms. The molecule has 0 aromatic heterocycles. The highest BCUT2D eigenvalue weighted by molar-refractivity contribution is 6.04. The highest BCUT2D eigenvalue weighted by atomic mass is 16.5. The molecule has 0 unspecified atom stereocenters. The molecule has 0 heterocycles. The number of allylic oxidation sites excluding steroid dienone is 2. The van der Waals surface area contributed by atoms with Crippen molar-refractivity contribution in [3.05, 3.63) is 33.4 Å². The first-order chi connectivity index (χ1) is 14.4. The molecule has 0 bridgehead atoms. The molecule has 0 N–H and O–H groups in total. The van der Waals surface area contributed by atoms with Crippen LogP contribution in [-0.4, -0.2) is 50.3 Å². The normalized spacial score (nSPS) is 16.1. The first-order valence-electron chi connectivity index (χ1n) is 10.2. The molecule has 0 radical (unpaired) electrons. The molecular formula is C22H28O8.